The fourth-order valence-corrected chi connectivity index (χ4v) is 4.25. The first-order valence-corrected chi connectivity index (χ1v) is 11.8. The highest BCUT2D eigenvalue weighted by atomic mass is 16.5. The van der Waals surface area contributed by atoms with E-state index in [1.165, 1.54) is 20.4 Å². The van der Waals surface area contributed by atoms with Gasteiger partial charge < -0.3 is 34.7 Å². The molecule has 0 saturated carbocycles. The van der Waals surface area contributed by atoms with Crippen LogP contribution in [0, 0.1) is 5.41 Å². The van der Waals surface area contributed by atoms with Gasteiger partial charge in [0.05, 0.1) is 33.0 Å². The molecule has 1 aromatic carbocycles. The highest BCUT2D eigenvalue weighted by Crippen LogP contribution is 2.30. The Kier molecular flexibility index (Phi) is 8.16. The Morgan fingerprint density at radius 2 is 1.75 bits per heavy atom. The third-order valence-electron chi connectivity index (χ3n) is 6.22. The van der Waals surface area contributed by atoms with E-state index < -0.39 is 6.09 Å². The molecule has 2 amide bonds. The van der Waals surface area contributed by atoms with Crippen LogP contribution in [0.5, 0.6) is 0 Å². The molecule has 3 heterocycles. The number of aromatic nitrogens is 2. The van der Waals surface area contributed by atoms with Crippen molar-refractivity contribution < 1.29 is 23.8 Å². The fraction of sp³-hybridized carbons (Fsp3) is 0.458. The first-order valence-electron chi connectivity index (χ1n) is 11.8. The van der Waals surface area contributed by atoms with Gasteiger partial charge in [0, 0.05) is 49.7 Å². The van der Waals surface area contributed by atoms with E-state index in [4.69, 9.17) is 24.9 Å². The largest absolute Gasteiger partial charge is 0.453 e. The second-order valence-corrected chi connectivity index (χ2v) is 8.45. The number of nitrogens with one attached hydrogen (secondary N) is 3. The highest BCUT2D eigenvalue weighted by Gasteiger charge is 2.26. The third-order valence-corrected chi connectivity index (χ3v) is 6.22. The maximum absolute atomic E-state index is 11.8. The number of amides is 2. The number of hydrogen-bond donors (Lipinski definition) is 3. The van der Waals surface area contributed by atoms with E-state index in [0.29, 0.717) is 68.1 Å². The molecule has 0 aliphatic carbocycles. The van der Waals surface area contributed by atoms with Crippen molar-refractivity contribution in [2.75, 3.05) is 69.1 Å². The van der Waals surface area contributed by atoms with Crippen molar-refractivity contribution in [1.29, 1.82) is 5.41 Å². The van der Waals surface area contributed by atoms with Crippen LogP contribution < -0.4 is 15.5 Å². The summed E-state index contributed by atoms with van der Waals surface area (Å²) in [5.41, 5.74) is 1.96. The van der Waals surface area contributed by atoms with Crippen LogP contribution in [0.25, 0.3) is 11.4 Å². The minimum Gasteiger partial charge on any atom is -0.453 e. The minimum absolute atomic E-state index is 0.0801. The molecule has 36 heavy (non-hydrogen) atoms. The Bertz CT molecular complexity index is 1080. The summed E-state index contributed by atoms with van der Waals surface area (Å²) < 4.78 is 15.0. The average Bonchev–Trinajstić information content (AvgIpc) is 2.93. The first-order chi connectivity index (χ1) is 17.5. The molecule has 0 radical (unpaired) electrons. The molecule has 2 aliphatic rings. The molecule has 192 valence electrons. The molecule has 12 heteroatoms. The van der Waals surface area contributed by atoms with E-state index in [-0.39, 0.29) is 12.1 Å². The minimum atomic E-state index is -0.548. The number of ether oxygens (including phenoxy) is 3. The molecule has 2 aromatic rings. The van der Waals surface area contributed by atoms with Crippen LogP contribution in [0.1, 0.15) is 18.4 Å². The summed E-state index contributed by atoms with van der Waals surface area (Å²) >= 11 is 0. The molecule has 2 fully saturated rings. The number of carbonyl (C=O) groups is 2. The average molecular weight is 498 g/mol. The van der Waals surface area contributed by atoms with Gasteiger partial charge in [0.2, 0.25) is 0 Å². The Hall–Kier alpha value is -3.93. The molecular weight excluding hydrogens is 466 g/mol. The van der Waals surface area contributed by atoms with E-state index in [2.05, 4.69) is 20.3 Å². The number of likely N-dealkylation sites (tertiary alicyclic amines) is 1. The van der Waals surface area contributed by atoms with Crippen molar-refractivity contribution in [2.45, 2.75) is 18.9 Å². The van der Waals surface area contributed by atoms with Crippen LogP contribution in [0.3, 0.4) is 0 Å². The predicted molar refractivity (Wildman–Crippen MR) is 135 cm³/mol. The Morgan fingerprint density at radius 3 is 2.36 bits per heavy atom. The van der Waals surface area contributed by atoms with Crippen molar-refractivity contribution in [1.82, 2.24) is 14.9 Å². The van der Waals surface area contributed by atoms with Gasteiger partial charge in [-0.05, 0) is 37.1 Å². The predicted octanol–water partition coefficient (Wildman–Crippen LogP) is 2.80. The van der Waals surface area contributed by atoms with Gasteiger partial charge >= 0.3 is 12.2 Å². The maximum Gasteiger partial charge on any atom is 0.411 e. The van der Waals surface area contributed by atoms with Crippen LogP contribution >= 0.6 is 0 Å². The second-order valence-electron chi connectivity index (χ2n) is 8.45. The zero-order valence-electron chi connectivity index (χ0n) is 20.5. The van der Waals surface area contributed by atoms with Crippen molar-refractivity contribution in [3.8, 4) is 11.4 Å². The van der Waals surface area contributed by atoms with Gasteiger partial charge in [0.15, 0.2) is 5.82 Å². The molecule has 2 saturated heterocycles. The van der Waals surface area contributed by atoms with Crippen LogP contribution in [-0.2, 0) is 14.2 Å². The summed E-state index contributed by atoms with van der Waals surface area (Å²) in [4.78, 5) is 36.8. The number of hydrogen-bond acceptors (Lipinski definition) is 10. The quantitative estimate of drug-likeness (QED) is 0.514. The van der Waals surface area contributed by atoms with Gasteiger partial charge in [-0.3, -0.25) is 5.32 Å². The first kappa shape index (κ1) is 25.2. The molecule has 0 atom stereocenters. The maximum atomic E-state index is 11.8. The molecular formula is C24H31N7O5. The van der Waals surface area contributed by atoms with Crippen molar-refractivity contribution in [3.63, 3.8) is 0 Å². The van der Waals surface area contributed by atoms with Crippen LogP contribution in [0.2, 0.25) is 0 Å². The molecule has 12 nitrogen and oxygen atoms in total. The molecule has 0 spiro atoms. The molecule has 1 aromatic heterocycles. The van der Waals surface area contributed by atoms with Gasteiger partial charge in [-0.25, -0.2) is 19.6 Å². The number of methoxy groups -OCH3 is 2. The van der Waals surface area contributed by atoms with Gasteiger partial charge in [-0.1, -0.05) is 0 Å². The summed E-state index contributed by atoms with van der Waals surface area (Å²) in [5.74, 6) is 1.75. The SMILES string of the molecule is COC(=O)Nc1ccc(-c2nc(NC3CCN(C(=O)OC)CC3)c(C=N)c(N3CCOCC3)n2)cc1. The van der Waals surface area contributed by atoms with E-state index in [9.17, 15) is 9.59 Å². The smallest absolute Gasteiger partial charge is 0.411 e. The van der Waals surface area contributed by atoms with E-state index >= 15 is 0 Å². The molecule has 2 aliphatic heterocycles. The standard InChI is InChI=1S/C24H31N7O5/c1-34-23(32)27-17-5-3-16(4-6-17)20-28-21(26-18-7-9-31(10-8-18)24(33)35-2)19(15-25)22(29-20)30-11-13-36-14-12-30/h3-6,15,18,25H,7-14H2,1-2H3,(H,27,32)(H,26,28,29). The number of nitrogens with zero attached hydrogens (tertiary/aromatic N) is 4. The van der Waals surface area contributed by atoms with E-state index in [0.717, 1.165) is 18.4 Å². The number of piperidine rings is 1. The molecule has 3 N–H and O–H groups in total. The van der Waals surface area contributed by atoms with E-state index in [1.807, 2.05) is 12.1 Å². The summed E-state index contributed by atoms with van der Waals surface area (Å²) in [5, 5.41) is 14.3. The van der Waals surface area contributed by atoms with Crippen molar-refractivity contribution in [3.05, 3.63) is 29.8 Å². The summed E-state index contributed by atoms with van der Waals surface area (Å²) in [6.45, 7) is 3.64. The van der Waals surface area contributed by atoms with Crippen molar-refractivity contribution >= 4 is 35.7 Å². The lowest BCUT2D eigenvalue weighted by Gasteiger charge is -2.33. The Morgan fingerprint density at radius 1 is 1.06 bits per heavy atom. The zero-order chi connectivity index (χ0) is 25.5. The number of anilines is 3. The molecule has 0 unspecified atom stereocenters. The van der Waals surface area contributed by atoms with Crippen LogP contribution in [0.15, 0.2) is 24.3 Å². The van der Waals surface area contributed by atoms with Gasteiger partial charge in [-0.2, -0.15) is 0 Å². The molecule has 4 rings (SSSR count). The molecule has 0 bridgehead atoms. The zero-order valence-corrected chi connectivity index (χ0v) is 20.5. The lowest BCUT2D eigenvalue weighted by molar-refractivity contribution is 0.113. The summed E-state index contributed by atoms with van der Waals surface area (Å²) in [6.07, 6.45) is 1.87. The topological polar surface area (TPSA) is 142 Å². The van der Waals surface area contributed by atoms with Gasteiger partial charge in [0.25, 0.3) is 0 Å². The number of carbonyl (C=O) groups excluding carboxylic acids is 2. The van der Waals surface area contributed by atoms with Crippen LogP contribution in [0.4, 0.5) is 26.9 Å². The lowest BCUT2D eigenvalue weighted by atomic mass is 10.0. The number of rotatable bonds is 6. The fourth-order valence-electron chi connectivity index (χ4n) is 4.25. The number of benzene rings is 1. The number of morpholine rings is 1. The van der Waals surface area contributed by atoms with Gasteiger partial charge in [0.1, 0.15) is 11.6 Å². The lowest BCUT2D eigenvalue weighted by Crippen LogP contribution is -2.42. The van der Waals surface area contributed by atoms with E-state index in [1.54, 1.807) is 17.0 Å². The van der Waals surface area contributed by atoms with Crippen LogP contribution in [-0.4, -0.2) is 92.9 Å². The normalized spacial score (nSPS) is 16.3. The van der Waals surface area contributed by atoms with Gasteiger partial charge in [-0.15, -0.1) is 0 Å². The summed E-state index contributed by atoms with van der Waals surface area (Å²) in [7, 11) is 2.69. The third kappa shape index (κ3) is 5.82. The Labute approximate surface area is 209 Å². The van der Waals surface area contributed by atoms with Crippen molar-refractivity contribution in [2.24, 2.45) is 0 Å². The Balaban J connectivity index is 1.63. The highest BCUT2D eigenvalue weighted by molar-refractivity contribution is 5.92. The summed E-state index contributed by atoms with van der Waals surface area (Å²) in [6, 6.07) is 7.24. The monoisotopic (exact) mass is 497 g/mol. The second kappa shape index (κ2) is 11.7.